The predicted octanol–water partition coefficient (Wildman–Crippen LogP) is 2.35. The Morgan fingerprint density at radius 3 is 2.79 bits per heavy atom. The fraction of sp³-hybridized carbons (Fsp3) is 0.235. The van der Waals surface area contributed by atoms with Gasteiger partial charge in [0, 0.05) is 17.6 Å². The molecule has 1 aromatic heterocycles. The van der Waals surface area contributed by atoms with Gasteiger partial charge in [0.25, 0.3) is 5.91 Å². The quantitative estimate of drug-likeness (QED) is 0.897. The molecule has 24 heavy (non-hydrogen) atoms. The van der Waals surface area contributed by atoms with Gasteiger partial charge in [0.05, 0.1) is 11.4 Å². The molecule has 2 amide bonds. The highest BCUT2D eigenvalue weighted by Gasteiger charge is 2.35. The third kappa shape index (κ3) is 3.29. The van der Waals surface area contributed by atoms with Crippen LogP contribution in [-0.4, -0.2) is 39.4 Å². The van der Waals surface area contributed by atoms with Crippen molar-refractivity contribution < 1.29 is 9.59 Å². The number of anilines is 1. The second-order valence-electron chi connectivity index (χ2n) is 5.56. The molecule has 7 heteroatoms. The van der Waals surface area contributed by atoms with E-state index in [0.29, 0.717) is 28.6 Å². The molecule has 0 spiro atoms. The molecule has 0 aliphatic carbocycles. The number of aryl methyl sites for hydroxylation is 1. The molecule has 1 aliphatic rings. The van der Waals surface area contributed by atoms with Gasteiger partial charge in [0.1, 0.15) is 17.8 Å². The molecule has 2 aromatic rings. The number of hydrogen-bond acceptors (Lipinski definition) is 4. The van der Waals surface area contributed by atoms with E-state index in [1.165, 1.54) is 24.0 Å². The van der Waals surface area contributed by atoms with Gasteiger partial charge < -0.3 is 15.2 Å². The second-order valence-corrected chi connectivity index (χ2v) is 6.56. The molecule has 1 fully saturated rings. The molecular weight excluding hydrogens is 324 g/mol. The third-order valence-electron chi connectivity index (χ3n) is 3.82. The summed E-state index contributed by atoms with van der Waals surface area (Å²) in [5.41, 5.74) is 2.54. The highest BCUT2D eigenvalue weighted by Crippen LogP contribution is 2.24. The predicted molar refractivity (Wildman–Crippen MR) is 92.6 cm³/mol. The van der Waals surface area contributed by atoms with Crippen molar-refractivity contribution in [2.75, 3.05) is 16.9 Å². The molecule has 0 bridgehead atoms. The van der Waals surface area contributed by atoms with E-state index in [2.05, 4.69) is 10.3 Å². The fourth-order valence-electron chi connectivity index (χ4n) is 2.47. The van der Waals surface area contributed by atoms with Crippen LogP contribution in [0.5, 0.6) is 0 Å². The number of aromatic nitrogens is 1. The Hall–Kier alpha value is -2.72. The Morgan fingerprint density at radius 1 is 1.38 bits per heavy atom. The number of nitriles is 1. The fourth-order valence-corrected chi connectivity index (χ4v) is 3.62. The minimum Gasteiger partial charge on any atom is -0.352 e. The summed E-state index contributed by atoms with van der Waals surface area (Å²) in [4.78, 5) is 29.4. The number of hydrogen-bond donors (Lipinski definition) is 2. The van der Waals surface area contributed by atoms with Crippen LogP contribution in [0.4, 0.5) is 5.69 Å². The molecule has 3 rings (SSSR count). The molecule has 1 saturated heterocycles. The zero-order valence-electron chi connectivity index (χ0n) is 13.1. The van der Waals surface area contributed by atoms with Gasteiger partial charge in [-0.05, 0) is 25.1 Å². The van der Waals surface area contributed by atoms with E-state index in [-0.39, 0.29) is 11.8 Å². The summed E-state index contributed by atoms with van der Waals surface area (Å²) in [7, 11) is 0. The maximum absolute atomic E-state index is 12.6. The smallest absolute Gasteiger partial charge is 0.256 e. The number of benzene rings is 1. The van der Waals surface area contributed by atoms with Gasteiger partial charge >= 0.3 is 0 Å². The number of thioether (sulfide) groups is 1. The highest BCUT2D eigenvalue weighted by molar-refractivity contribution is 7.99. The van der Waals surface area contributed by atoms with Crippen molar-refractivity contribution in [3.8, 4) is 6.07 Å². The van der Waals surface area contributed by atoms with Crippen molar-refractivity contribution >= 4 is 29.3 Å². The lowest BCUT2D eigenvalue weighted by Gasteiger charge is -2.22. The van der Waals surface area contributed by atoms with Crippen LogP contribution in [0.2, 0.25) is 0 Å². The number of carbonyl (C=O) groups is 2. The Morgan fingerprint density at radius 2 is 2.12 bits per heavy atom. The average Bonchev–Trinajstić information content (AvgIpc) is 3.25. The summed E-state index contributed by atoms with van der Waals surface area (Å²) >= 11 is 1.54. The number of nitrogens with zero attached hydrogens (tertiary/aromatic N) is 2. The van der Waals surface area contributed by atoms with Crippen LogP contribution in [0.25, 0.3) is 0 Å². The Kier molecular flexibility index (Phi) is 4.58. The Balaban J connectivity index is 1.72. The number of nitrogens with one attached hydrogen (secondary N) is 2. The summed E-state index contributed by atoms with van der Waals surface area (Å²) in [5, 5.41) is 11.7. The van der Waals surface area contributed by atoms with Crippen molar-refractivity contribution in [2.24, 2.45) is 0 Å². The maximum Gasteiger partial charge on any atom is 0.256 e. The lowest BCUT2D eigenvalue weighted by atomic mass is 10.2. The standard InChI is InChI=1S/C17H16N4O2S/c1-11-2-4-13(5-3-11)20-16(22)15-9-24-10-21(15)17(23)12-6-14(7-18)19-8-12/h2-6,8,15,19H,9-10H2,1H3,(H,20,22). The number of carbonyl (C=O) groups excluding carboxylic acids is 2. The van der Waals surface area contributed by atoms with E-state index in [0.717, 1.165) is 5.56 Å². The number of amides is 2. The number of rotatable bonds is 3. The van der Waals surface area contributed by atoms with E-state index in [1.807, 2.05) is 37.3 Å². The molecule has 6 nitrogen and oxygen atoms in total. The monoisotopic (exact) mass is 340 g/mol. The maximum atomic E-state index is 12.6. The third-order valence-corrected chi connectivity index (χ3v) is 4.83. The first-order chi connectivity index (χ1) is 11.6. The molecule has 1 aliphatic heterocycles. The lowest BCUT2D eigenvalue weighted by molar-refractivity contribution is -0.119. The van der Waals surface area contributed by atoms with Gasteiger partial charge in [-0.1, -0.05) is 17.7 Å². The van der Waals surface area contributed by atoms with Crippen LogP contribution in [0, 0.1) is 18.3 Å². The first-order valence-electron chi connectivity index (χ1n) is 7.43. The van der Waals surface area contributed by atoms with Gasteiger partial charge in [-0.3, -0.25) is 9.59 Å². The van der Waals surface area contributed by atoms with Crippen molar-refractivity contribution in [2.45, 2.75) is 13.0 Å². The van der Waals surface area contributed by atoms with Gasteiger partial charge in [0.15, 0.2) is 0 Å². The summed E-state index contributed by atoms with van der Waals surface area (Å²) < 4.78 is 0. The summed E-state index contributed by atoms with van der Waals surface area (Å²) in [6.07, 6.45) is 1.50. The van der Waals surface area contributed by atoms with Crippen molar-refractivity contribution in [1.29, 1.82) is 5.26 Å². The lowest BCUT2D eigenvalue weighted by Crippen LogP contribution is -2.44. The molecule has 0 saturated carbocycles. The molecule has 1 unspecified atom stereocenters. The van der Waals surface area contributed by atoms with E-state index < -0.39 is 6.04 Å². The summed E-state index contributed by atoms with van der Waals surface area (Å²) in [5.74, 6) is 0.562. The average molecular weight is 340 g/mol. The second kappa shape index (κ2) is 6.81. The van der Waals surface area contributed by atoms with Gasteiger partial charge in [-0.25, -0.2) is 0 Å². The number of aromatic amines is 1. The first-order valence-corrected chi connectivity index (χ1v) is 8.58. The van der Waals surface area contributed by atoms with Crippen molar-refractivity contribution in [3.05, 3.63) is 53.3 Å². The Labute approximate surface area is 143 Å². The molecule has 0 radical (unpaired) electrons. The number of H-pyrrole nitrogens is 1. The zero-order valence-corrected chi connectivity index (χ0v) is 13.9. The largest absolute Gasteiger partial charge is 0.352 e. The molecule has 1 aromatic carbocycles. The summed E-state index contributed by atoms with van der Waals surface area (Å²) in [6.45, 7) is 1.98. The van der Waals surface area contributed by atoms with E-state index >= 15 is 0 Å². The normalized spacial score (nSPS) is 16.7. The minimum absolute atomic E-state index is 0.201. The van der Waals surface area contributed by atoms with Crippen molar-refractivity contribution in [3.63, 3.8) is 0 Å². The van der Waals surface area contributed by atoms with Crippen LogP contribution in [-0.2, 0) is 4.79 Å². The van der Waals surface area contributed by atoms with Gasteiger partial charge in [-0.15, -0.1) is 11.8 Å². The zero-order chi connectivity index (χ0) is 17.1. The van der Waals surface area contributed by atoms with Crippen LogP contribution in [0.15, 0.2) is 36.5 Å². The van der Waals surface area contributed by atoms with Crippen LogP contribution >= 0.6 is 11.8 Å². The highest BCUT2D eigenvalue weighted by atomic mass is 32.2. The van der Waals surface area contributed by atoms with Crippen LogP contribution in [0.1, 0.15) is 21.6 Å². The molecule has 2 heterocycles. The molecule has 1 atom stereocenters. The Bertz CT molecular complexity index is 807. The summed E-state index contributed by atoms with van der Waals surface area (Å²) in [6, 6.07) is 10.5. The topological polar surface area (TPSA) is 89.0 Å². The SMILES string of the molecule is Cc1ccc(NC(=O)C2CSCN2C(=O)c2c[nH]c(C#N)c2)cc1. The van der Waals surface area contributed by atoms with Gasteiger partial charge in [-0.2, -0.15) is 5.26 Å². The molecule has 2 N–H and O–H groups in total. The van der Waals surface area contributed by atoms with E-state index in [1.54, 1.807) is 4.90 Å². The van der Waals surface area contributed by atoms with Crippen molar-refractivity contribution in [1.82, 2.24) is 9.88 Å². The van der Waals surface area contributed by atoms with Crippen LogP contribution < -0.4 is 5.32 Å². The first kappa shape index (κ1) is 16.1. The van der Waals surface area contributed by atoms with E-state index in [4.69, 9.17) is 5.26 Å². The van der Waals surface area contributed by atoms with Crippen LogP contribution in [0.3, 0.4) is 0 Å². The van der Waals surface area contributed by atoms with Gasteiger partial charge in [0.2, 0.25) is 5.91 Å². The molecular formula is C17H16N4O2S. The minimum atomic E-state index is -0.524. The molecule has 122 valence electrons. The van der Waals surface area contributed by atoms with E-state index in [9.17, 15) is 9.59 Å².